The molecule has 3 N–H and O–H groups in total. The number of pyridine rings is 1. The summed E-state index contributed by atoms with van der Waals surface area (Å²) >= 11 is 6.35. The summed E-state index contributed by atoms with van der Waals surface area (Å²) in [5.41, 5.74) is -0.546. The number of hydrogen-bond acceptors (Lipinski definition) is 5. The third-order valence-electron chi connectivity index (χ3n) is 6.39. The first kappa shape index (κ1) is 27.3. The van der Waals surface area contributed by atoms with Crippen molar-refractivity contribution in [3.05, 3.63) is 105 Å². The molecule has 1 aromatic heterocycles. The van der Waals surface area contributed by atoms with E-state index in [0.717, 1.165) is 12.1 Å². The molecule has 40 heavy (non-hydrogen) atoms. The highest BCUT2D eigenvalue weighted by Gasteiger charge is 2.36. The number of alkyl halides is 3. The van der Waals surface area contributed by atoms with E-state index >= 15 is 0 Å². The molecular weight excluding hydrogens is 557 g/mol. The molecule has 3 aromatic carbocycles. The summed E-state index contributed by atoms with van der Waals surface area (Å²) < 4.78 is 68.1. The topological polar surface area (TPSA) is 91.3 Å². The number of benzene rings is 3. The van der Waals surface area contributed by atoms with Gasteiger partial charge in [-0.05, 0) is 48.5 Å². The van der Waals surface area contributed by atoms with Crippen molar-refractivity contribution in [2.75, 3.05) is 11.9 Å². The van der Waals surface area contributed by atoms with E-state index in [1.54, 1.807) is 18.1 Å². The number of carbonyl (C=O) groups is 1. The third-order valence-corrected chi connectivity index (χ3v) is 6.74. The van der Waals surface area contributed by atoms with Crippen LogP contribution in [0.1, 0.15) is 44.3 Å². The van der Waals surface area contributed by atoms with Crippen molar-refractivity contribution in [2.45, 2.75) is 18.6 Å². The van der Waals surface area contributed by atoms with Gasteiger partial charge in [0.1, 0.15) is 17.3 Å². The number of nitrogens with zero attached hydrogens (tertiary/aromatic N) is 1. The fraction of sp³-hybridized carbons (Fsp3) is 0.143. The van der Waals surface area contributed by atoms with Gasteiger partial charge in [-0.15, -0.1) is 0 Å². The Morgan fingerprint density at radius 1 is 1.07 bits per heavy atom. The first-order chi connectivity index (χ1) is 19.0. The van der Waals surface area contributed by atoms with Crippen LogP contribution in [0.2, 0.25) is 5.02 Å². The molecule has 0 radical (unpaired) electrons. The number of fused-ring (bicyclic) bond motifs is 3. The number of aliphatic hydroxyl groups is 1. The van der Waals surface area contributed by atoms with Gasteiger partial charge < -0.3 is 15.7 Å². The lowest BCUT2D eigenvalue weighted by Crippen LogP contribution is -2.18. The van der Waals surface area contributed by atoms with Gasteiger partial charge in [-0.1, -0.05) is 17.7 Å². The number of carbonyl (C=O) groups excluding carboxylic acids is 2. The van der Waals surface area contributed by atoms with Crippen molar-refractivity contribution in [2.24, 2.45) is 0 Å². The predicted molar refractivity (Wildman–Crippen MR) is 137 cm³/mol. The summed E-state index contributed by atoms with van der Waals surface area (Å²) in [5, 5.41) is 15.3. The van der Waals surface area contributed by atoms with Crippen LogP contribution in [0.5, 0.6) is 0 Å². The third kappa shape index (κ3) is 5.02. The molecule has 0 fully saturated rings. The van der Waals surface area contributed by atoms with Crippen molar-refractivity contribution in [3.63, 3.8) is 0 Å². The second kappa shape index (κ2) is 10.3. The Morgan fingerprint density at radius 3 is 2.55 bits per heavy atom. The van der Waals surface area contributed by atoms with Gasteiger partial charge in [0, 0.05) is 57.1 Å². The molecule has 4 aromatic rings. The van der Waals surface area contributed by atoms with Crippen molar-refractivity contribution in [1.29, 1.82) is 0 Å². The van der Waals surface area contributed by atoms with Crippen LogP contribution in [0.15, 0.2) is 54.6 Å². The van der Waals surface area contributed by atoms with Crippen LogP contribution in [0.3, 0.4) is 0 Å². The van der Waals surface area contributed by atoms with Gasteiger partial charge in [0.2, 0.25) is 0 Å². The number of aromatic nitrogens is 1. The second-order valence-corrected chi connectivity index (χ2v) is 9.36. The molecule has 0 saturated carbocycles. The number of amides is 1. The van der Waals surface area contributed by atoms with Gasteiger partial charge in [-0.3, -0.25) is 9.78 Å². The van der Waals surface area contributed by atoms with E-state index < -0.39 is 40.9 Å². The minimum atomic E-state index is -4.90. The largest absolute Gasteiger partial charge is 0.416 e. The van der Waals surface area contributed by atoms with Crippen LogP contribution in [-0.2, 0) is 17.4 Å². The molecule has 1 aliphatic rings. The van der Waals surface area contributed by atoms with E-state index in [9.17, 15) is 36.6 Å². The number of rotatable bonds is 5. The molecule has 0 spiro atoms. The van der Waals surface area contributed by atoms with Crippen LogP contribution in [0.25, 0.3) is 16.6 Å². The van der Waals surface area contributed by atoms with Crippen LogP contribution < -0.4 is 10.6 Å². The highest BCUT2D eigenvalue weighted by Crippen LogP contribution is 2.46. The van der Waals surface area contributed by atoms with Crippen molar-refractivity contribution in [3.8, 4) is 0 Å². The van der Waals surface area contributed by atoms with Crippen molar-refractivity contribution in [1.82, 2.24) is 10.3 Å². The summed E-state index contributed by atoms with van der Waals surface area (Å²) in [5.74, 6) is -1.18. The zero-order valence-corrected chi connectivity index (χ0v) is 20.9. The second-order valence-electron chi connectivity index (χ2n) is 8.96. The summed E-state index contributed by atoms with van der Waals surface area (Å²) in [6, 6.07) is 8.73. The lowest BCUT2D eigenvalue weighted by atomic mass is 9.93. The zero-order valence-electron chi connectivity index (χ0n) is 20.2. The zero-order chi connectivity index (χ0) is 28.8. The van der Waals surface area contributed by atoms with Crippen LogP contribution in [0.4, 0.5) is 27.6 Å². The Morgan fingerprint density at radius 2 is 1.85 bits per heavy atom. The lowest BCUT2D eigenvalue weighted by Gasteiger charge is -2.19. The quantitative estimate of drug-likeness (QED) is 0.206. The monoisotopic (exact) mass is 573 g/mol. The van der Waals surface area contributed by atoms with E-state index in [1.165, 1.54) is 12.1 Å². The number of halogens is 6. The normalized spacial score (nSPS) is 14.6. The van der Waals surface area contributed by atoms with E-state index in [0.29, 0.717) is 23.2 Å². The summed E-state index contributed by atoms with van der Waals surface area (Å²) in [6.45, 7) is -0.199. The first-order valence-electron chi connectivity index (χ1n) is 11.7. The standard InChI is InChI=1S/C28H17ClF5N3O3/c29-20-4-1-15(30)10-19(20)26-25-22(37-27(40)13-7-14(28(32,33)34)9-16(31)8-13)11-21-18(24(25)23(12-39)36-26)3-2-17(35-21)5-6-38/h1-4,7-11,26,36,38H,5-6H2,(H,37,40). The van der Waals surface area contributed by atoms with Gasteiger partial charge in [0.15, 0.2) is 5.94 Å². The van der Waals surface area contributed by atoms with Gasteiger partial charge in [-0.2, -0.15) is 13.2 Å². The molecule has 5 rings (SSSR count). The maximum absolute atomic E-state index is 14.2. The molecule has 12 heteroatoms. The van der Waals surface area contributed by atoms with E-state index in [-0.39, 0.29) is 57.7 Å². The number of nitrogens with one attached hydrogen (secondary N) is 2. The minimum absolute atomic E-state index is 0.00189. The van der Waals surface area contributed by atoms with Gasteiger partial charge >= 0.3 is 6.18 Å². The highest BCUT2D eigenvalue weighted by molar-refractivity contribution is 6.31. The van der Waals surface area contributed by atoms with E-state index in [2.05, 4.69) is 15.6 Å². The molecule has 1 atom stereocenters. The molecular formula is C28H17ClF5N3O3. The molecule has 0 saturated heterocycles. The van der Waals surface area contributed by atoms with Gasteiger partial charge in [0.25, 0.3) is 5.91 Å². The Bertz CT molecular complexity index is 1740. The Labute approximate surface area is 228 Å². The summed E-state index contributed by atoms with van der Waals surface area (Å²) in [4.78, 5) is 29.7. The van der Waals surface area contributed by atoms with E-state index in [1.807, 2.05) is 0 Å². The van der Waals surface area contributed by atoms with Crippen LogP contribution in [0, 0.1) is 11.6 Å². The van der Waals surface area contributed by atoms with Crippen LogP contribution >= 0.6 is 11.6 Å². The number of hydrogen-bond donors (Lipinski definition) is 3. The fourth-order valence-electron chi connectivity index (χ4n) is 4.68. The molecule has 1 aliphatic heterocycles. The van der Waals surface area contributed by atoms with Crippen molar-refractivity contribution < 1.29 is 36.6 Å². The first-order valence-corrected chi connectivity index (χ1v) is 12.1. The maximum atomic E-state index is 14.2. The molecule has 0 bridgehead atoms. The molecule has 2 heterocycles. The summed E-state index contributed by atoms with van der Waals surface area (Å²) in [7, 11) is 0. The van der Waals surface area contributed by atoms with Gasteiger partial charge in [-0.25, -0.2) is 13.6 Å². The molecule has 204 valence electrons. The number of anilines is 1. The fourth-order valence-corrected chi connectivity index (χ4v) is 4.90. The average molecular weight is 574 g/mol. The Hall–Kier alpha value is -4.31. The average Bonchev–Trinajstić information content (AvgIpc) is 3.29. The maximum Gasteiger partial charge on any atom is 0.416 e. The van der Waals surface area contributed by atoms with Crippen LogP contribution in [-0.4, -0.2) is 28.5 Å². The predicted octanol–water partition coefficient (Wildman–Crippen LogP) is 5.84. The Kier molecular flexibility index (Phi) is 7.05. The highest BCUT2D eigenvalue weighted by atomic mass is 35.5. The van der Waals surface area contributed by atoms with Gasteiger partial charge in [0.05, 0.1) is 17.1 Å². The molecule has 0 aliphatic carbocycles. The summed E-state index contributed by atoms with van der Waals surface area (Å²) in [6.07, 6.45) is -4.70. The molecule has 1 amide bonds. The number of aliphatic hydroxyl groups excluding tert-OH is 1. The minimum Gasteiger partial charge on any atom is -0.396 e. The van der Waals surface area contributed by atoms with Crippen molar-refractivity contribution >= 4 is 45.7 Å². The molecule has 1 unspecified atom stereocenters. The Balaban J connectivity index is 1.73. The lowest BCUT2D eigenvalue weighted by molar-refractivity contribution is -0.137. The smallest absolute Gasteiger partial charge is 0.396 e. The SMILES string of the molecule is O=C=C1NC(c2cc(F)ccc2Cl)c2c(NC(=O)c3cc(F)cc(C(F)(F)F)c3)cc3nc(CCO)ccc3c21. The van der Waals surface area contributed by atoms with E-state index in [4.69, 9.17) is 11.6 Å². The molecule has 6 nitrogen and oxygen atoms in total.